The van der Waals surface area contributed by atoms with Crippen LogP contribution in [0.2, 0.25) is 0 Å². The molecule has 1 aromatic heterocycles. The Balaban J connectivity index is 2.80. The van der Waals surface area contributed by atoms with Crippen LogP contribution < -0.4 is 10.5 Å². The number of nitrogens with zero attached hydrogens (tertiary/aromatic N) is 2. The first-order valence-corrected chi connectivity index (χ1v) is 6.32. The van der Waals surface area contributed by atoms with E-state index in [-0.39, 0.29) is 0 Å². The lowest BCUT2D eigenvalue weighted by atomic mass is 9.92. The molecule has 0 bridgehead atoms. The second kappa shape index (κ2) is 4.61. The van der Waals surface area contributed by atoms with Gasteiger partial charge in [-0.25, -0.2) is 0 Å². The molecule has 0 radical (unpaired) electrons. The van der Waals surface area contributed by atoms with Crippen LogP contribution in [0, 0.1) is 27.7 Å². The summed E-state index contributed by atoms with van der Waals surface area (Å²) in [5.41, 5.74) is 12.8. The third-order valence-electron chi connectivity index (χ3n) is 3.79. The normalized spacial score (nSPS) is 10.8. The summed E-state index contributed by atoms with van der Waals surface area (Å²) in [5, 5.41) is 4.40. The zero-order valence-electron chi connectivity index (χ0n) is 12.5. The quantitative estimate of drug-likeness (QED) is 0.902. The number of nitrogen functional groups attached to an aromatic ring is 1. The topological polar surface area (TPSA) is 53.1 Å². The van der Waals surface area contributed by atoms with E-state index in [1.165, 1.54) is 11.1 Å². The molecule has 4 heteroatoms. The summed E-state index contributed by atoms with van der Waals surface area (Å²) in [6, 6.07) is 2.06. The standard InChI is InChI=1S/C15H21N3O/c1-8-7-12(19-6)9(2)10(3)13(8)14-11(4)17-18(5)15(14)16/h7H,16H2,1-6H3. The highest BCUT2D eigenvalue weighted by molar-refractivity contribution is 5.82. The van der Waals surface area contributed by atoms with Gasteiger partial charge < -0.3 is 10.5 Å². The van der Waals surface area contributed by atoms with Crippen molar-refractivity contribution in [1.29, 1.82) is 0 Å². The van der Waals surface area contributed by atoms with Crippen molar-refractivity contribution in [3.63, 3.8) is 0 Å². The van der Waals surface area contributed by atoms with E-state index in [9.17, 15) is 0 Å². The molecule has 0 spiro atoms. The van der Waals surface area contributed by atoms with Gasteiger partial charge in [-0.2, -0.15) is 5.10 Å². The number of aryl methyl sites for hydroxylation is 3. The Morgan fingerprint density at radius 3 is 2.21 bits per heavy atom. The van der Waals surface area contributed by atoms with Crippen LogP contribution in [-0.2, 0) is 7.05 Å². The van der Waals surface area contributed by atoms with Crippen molar-refractivity contribution in [3.8, 4) is 16.9 Å². The predicted octanol–water partition coefficient (Wildman–Crippen LogP) is 2.91. The Labute approximate surface area is 114 Å². The number of hydrogen-bond acceptors (Lipinski definition) is 3. The largest absolute Gasteiger partial charge is 0.496 e. The molecular weight excluding hydrogens is 238 g/mol. The third kappa shape index (κ3) is 1.97. The lowest BCUT2D eigenvalue weighted by Gasteiger charge is -2.16. The summed E-state index contributed by atoms with van der Waals surface area (Å²) >= 11 is 0. The second-order valence-electron chi connectivity index (χ2n) is 4.99. The van der Waals surface area contributed by atoms with Crippen LogP contribution in [0.4, 0.5) is 5.82 Å². The molecule has 1 heterocycles. The number of hydrogen-bond donors (Lipinski definition) is 1. The van der Waals surface area contributed by atoms with Gasteiger partial charge in [0.15, 0.2) is 0 Å². The van der Waals surface area contributed by atoms with Gasteiger partial charge in [-0.15, -0.1) is 0 Å². The molecule has 19 heavy (non-hydrogen) atoms. The summed E-state index contributed by atoms with van der Waals surface area (Å²) in [4.78, 5) is 0. The molecule has 0 aliphatic rings. The van der Waals surface area contributed by atoms with Crippen LogP contribution in [0.3, 0.4) is 0 Å². The van der Waals surface area contributed by atoms with Gasteiger partial charge in [0.2, 0.25) is 0 Å². The van der Waals surface area contributed by atoms with Crippen LogP contribution in [-0.4, -0.2) is 16.9 Å². The first-order valence-electron chi connectivity index (χ1n) is 6.32. The fourth-order valence-corrected chi connectivity index (χ4v) is 2.63. The maximum atomic E-state index is 6.16. The molecule has 0 aliphatic carbocycles. The Morgan fingerprint density at radius 1 is 1.11 bits per heavy atom. The molecule has 1 aromatic carbocycles. The van der Waals surface area contributed by atoms with Crippen molar-refractivity contribution in [2.45, 2.75) is 27.7 Å². The molecule has 102 valence electrons. The van der Waals surface area contributed by atoms with Crippen LogP contribution >= 0.6 is 0 Å². The van der Waals surface area contributed by atoms with E-state index in [4.69, 9.17) is 10.5 Å². The summed E-state index contributed by atoms with van der Waals surface area (Å²) in [7, 11) is 3.57. The van der Waals surface area contributed by atoms with Crippen molar-refractivity contribution in [2.24, 2.45) is 7.05 Å². The van der Waals surface area contributed by atoms with Crippen LogP contribution in [0.25, 0.3) is 11.1 Å². The van der Waals surface area contributed by atoms with Crippen LogP contribution in [0.1, 0.15) is 22.4 Å². The molecule has 0 unspecified atom stereocenters. The minimum absolute atomic E-state index is 0.702. The fourth-order valence-electron chi connectivity index (χ4n) is 2.63. The first-order chi connectivity index (χ1) is 8.88. The molecule has 2 rings (SSSR count). The smallest absolute Gasteiger partial charge is 0.129 e. The van der Waals surface area contributed by atoms with E-state index in [0.29, 0.717) is 5.82 Å². The van der Waals surface area contributed by atoms with Crippen LogP contribution in [0.5, 0.6) is 5.75 Å². The number of benzene rings is 1. The first kappa shape index (κ1) is 13.5. The minimum atomic E-state index is 0.702. The van der Waals surface area contributed by atoms with Gasteiger partial charge in [-0.1, -0.05) is 0 Å². The van der Waals surface area contributed by atoms with E-state index < -0.39 is 0 Å². The summed E-state index contributed by atoms with van der Waals surface area (Å²) in [6.45, 7) is 8.24. The molecule has 0 amide bonds. The Hall–Kier alpha value is -1.97. The lowest BCUT2D eigenvalue weighted by Crippen LogP contribution is -2.01. The molecule has 0 fully saturated rings. The van der Waals surface area contributed by atoms with Gasteiger partial charge in [0, 0.05) is 12.6 Å². The molecular formula is C15H21N3O. The highest BCUT2D eigenvalue weighted by Gasteiger charge is 2.19. The number of aromatic nitrogens is 2. The van der Waals surface area contributed by atoms with Gasteiger partial charge >= 0.3 is 0 Å². The van der Waals surface area contributed by atoms with Crippen molar-refractivity contribution < 1.29 is 4.74 Å². The molecule has 2 N–H and O–H groups in total. The van der Waals surface area contributed by atoms with Gasteiger partial charge in [-0.3, -0.25) is 4.68 Å². The van der Waals surface area contributed by atoms with E-state index in [1.807, 2.05) is 14.0 Å². The average Bonchev–Trinajstić information content (AvgIpc) is 2.60. The lowest BCUT2D eigenvalue weighted by molar-refractivity contribution is 0.411. The number of methoxy groups -OCH3 is 1. The third-order valence-corrected chi connectivity index (χ3v) is 3.79. The zero-order valence-corrected chi connectivity index (χ0v) is 12.5. The second-order valence-corrected chi connectivity index (χ2v) is 4.99. The van der Waals surface area contributed by atoms with E-state index >= 15 is 0 Å². The van der Waals surface area contributed by atoms with Crippen molar-refractivity contribution in [3.05, 3.63) is 28.5 Å². The zero-order chi connectivity index (χ0) is 14.3. The molecule has 0 atom stereocenters. The van der Waals surface area contributed by atoms with Gasteiger partial charge in [0.25, 0.3) is 0 Å². The Bertz CT molecular complexity index is 642. The molecule has 0 saturated heterocycles. The molecule has 2 aromatic rings. The maximum Gasteiger partial charge on any atom is 0.129 e. The van der Waals surface area contributed by atoms with E-state index in [2.05, 4.69) is 31.9 Å². The number of nitrogens with two attached hydrogens (primary N) is 1. The van der Waals surface area contributed by atoms with Crippen molar-refractivity contribution >= 4 is 5.82 Å². The van der Waals surface area contributed by atoms with Crippen molar-refractivity contribution in [2.75, 3.05) is 12.8 Å². The fraction of sp³-hybridized carbons (Fsp3) is 0.400. The SMILES string of the molecule is COc1cc(C)c(-c2c(C)nn(C)c2N)c(C)c1C. The Morgan fingerprint density at radius 2 is 1.74 bits per heavy atom. The van der Waals surface area contributed by atoms with Gasteiger partial charge in [0.1, 0.15) is 11.6 Å². The van der Waals surface area contributed by atoms with Crippen LogP contribution in [0.15, 0.2) is 6.07 Å². The Kier molecular flexibility index (Phi) is 3.27. The van der Waals surface area contributed by atoms with Gasteiger partial charge in [-0.05, 0) is 56.0 Å². The molecule has 0 saturated carbocycles. The van der Waals surface area contributed by atoms with E-state index in [0.717, 1.165) is 28.1 Å². The highest BCUT2D eigenvalue weighted by Crippen LogP contribution is 2.38. The summed E-state index contributed by atoms with van der Waals surface area (Å²) in [5.74, 6) is 1.62. The number of rotatable bonds is 2. The summed E-state index contributed by atoms with van der Waals surface area (Å²) in [6.07, 6.45) is 0. The van der Waals surface area contributed by atoms with Gasteiger partial charge in [0.05, 0.1) is 12.8 Å². The maximum absolute atomic E-state index is 6.16. The number of anilines is 1. The molecule has 0 aliphatic heterocycles. The average molecular weight is 259 g/mol. The predicted molar refractivity (Wildman–Crippen MR) is 78.6 cm³/mol. The van der Waals surface area contributed by atoms with Crippen molar-refractivity contribution in [1.82, 2.24) is 9.78 Å². The monoisotopic (exact) mass is 259 g/mol. The minimum Gasteiger partial charge on any atom is -0.496 e. The molecule has 4 nitrogen and oxygen atoms in total. The van der Waals surface area contributed by atoms with E-state index in [1.54, 1.807) is 11.8 Å². The highest BCUT2D eigenvalue weighted by atomic mass is 16.5. The number of ether oxygens (including phenoxy) is 1. The summed E-state index contributed by atoms with van der Waals surface area (Å²) < 4.78 is 7.14.